The van der Waals surface area contributed by atoms with Gasteiger partial charge < -0.3 is 33.9 Å². The Bertz CT molecular complexity index is 1440. The van der Waals surface area contributed by atoms with Gasteiger partial charge in [0, 0.05) is 0 Å². The Morgan fingerprint density at radius 3 is 0.814 bits per heavy atom. The molecule has 0 atom stereocenters. The Morgan fingerprint density at radius 2 is 0.605 bits per heavy atom. The monoisotopic (exact) mass is 594 g/mol. The number of hydrogen-bond acceptors (Lipinski definition) is 12. The van der Waals surface area contributed by atoms with Gasteiger partial charge in [-0.2, -0.15) is 0 Å². The number of carbonyl (C=O) groups excluding carboxylic acids is 5. The second-order valence-corrected chi connectivity index (χ2v) is 8.44. The molecular formula is C30H26O13. The van der Waals surface area contributed by atoms with Crippen molar-refractivity contribution in [3.63, 3.8) is 0 Å². The summed E-state index contributed by atoms with van der Waals surface area (Å²) in [5, 5.41) is 17.6. The molecule has 2 N–H and O–H groups in total. The van der Waals surface area contributed by atoms with E-state index in [1.54, 1.807) is 0 Å². The molecule has 0 saturated heterocycles. The summed E-state index contributed by atoms with van der Waals surface area (Å²) in [7, 11) is 0. The average molecular weight is 595 g/mol. The number of hydrogen-bond donors (Lipinski definition) is 2. The molecule has 0 aliphatic rings. The number of aromatic carboxylic acids is 1. The van der Waals surface area contributed by atoms with Gasteiger partial charge in [-0.1, -0.05) is 0 Å². The third-order valence-corrected chi connectivity index (χ3v) is 5.50. The molecule has 0 heterocycles. The van der Waals surface area contributed by atoms with Crippen LogP contribution < -0.4 is 0 Å². The summed E-state index contributed by atoms with van der Waals surface area (Å²) >= 11 is 0. The molecule has 0 aromatic heterocycles. The highest BCUT2D eigenvalue weighted by Crippen LogP contribution is 2.10. The molecule has 0 saturated carbocycles. The number of carboxylic acid groups (broad SMARTS) is 1. The first-order valence-corrected chi connectivity index (χ1v) is 12.7. The molecule has 13 heteroatoms. The largest absolute Gasteiger partial charge is 0.478 e. The van der Waals surface area contributed by atoms with Crippen LogP contribution in [0, 0.1) is 0 Å². The van der Waals surface area contributed by atoms with E-state index in [0.717, 1.165) is 0 Å². The lowest BCUT2D eigenvalue weighted by atomic mass is 10.1. The van der Waals surface area contributed by atoms with E-state index in [0.29, 0.717) is 0 Å². The van der Waals surface area contributed by atoms with Gasteiger partial charge in [0.25, 0.3) is 0 Å². The zero-order chi connectivity index (χ0) is 31.2. The first-order chi connectivity index (χ1) is 20.7. The molecule has 0 fully saturated rings. The maximum Gasteiger partial charge on any atom is 0.338 e. The van der Waals surface area contributed by atoms with Crippen LogP contribution in [0.3, 0.4) is 0 Å². The van der Waals surface area contributed by atoms with Gasteiger partial charge in [-0.15, -0.1) is 0 Å². The van der Waals surface area contributed by atoms with E-state index in [1.165, 1.54) is 72.8 Å². The molecule has 0 bridgehead atoms. The zero-order valence-corrected chi connectivity index (χ0v) is 22.6. The predicted molar refractivity (Wildman–Crippen MR) is 145 cm³/mol. The van der Waals surface area contributed by atoms with Crippen molar-refractivity contribution < 1.29 is 62.7 Å². The minimum Gasteiger partial charge on any atom is -0.478 e. The van der Waals surface area contributed by atoms with Crippen LogP contribution in [-0.4, -0.2) is 85.7 Å². The molecule has 0 spiro atoms. The highest BCUT2D eigenvalue weighted by molar-refractivity contribution is 5.95. The van der Waals surface area contributed by atoms with Crippen LogP contribution in [0.15, 0.2) is 72.8 Å². The van der Waals surface area contributed by atoms with E-state index in [2.05, 4.69) is 0 Å². The fourth-order valence-corrected chi connectivity index (χ4v) is 3.33. The van der Waals surface area contributed by atoms with Crippen LogP contribution in [0.1, 0.15) is 62.1 Å². The maximum atomic E-state index is 12.2. The minimum atomic E-state index is -1.13. The fraction of sp³-hybridized carbons (Fsp3) is 0.200. The lowest BCUT2D eigenvalue weighted by Gasteiger charge is -2.08. The van der Waals surface area contributed by atoms with Gasteiger partial charge in [0.05, 0.1) is 40.0 Å². The summed E-state index contributed by atoms with van der Waals surface area (Å²) in [6, 6.07) is 16.0. The minimum absolute atomic E-state index is 0.0215. The van der Waals surface area contributed by atoms with Crippen LogP contribution in [0.4, 0.5) is 0 Å². The van der Waals surface area contributed by atoms with E-state index >= 15 is 0 Å². The number of benzene rings is 3. The first kappa shape index (κ1) is 32.0. The van der Waals surface area contributed by atoms with Crippen molar-refractivity contribution in [1.29, 1.82) is 0 Å². The summed E-state index contributed by atoms with van der Waals surface area (Å²) in [4.78, 5) is 71.2. The van der Waals surface area contributed by atoms with E-state index in [4.69, 9.17) is 33.9 Å². The molecule has 0 unspecified atom stereocenters. The molecule has 0 radical (unpaired) electrons. The smallest absolute Gasteiger partial charge is 0.338 e. The molecule has 13 nitrogen and oxygen atoms in total. The summed E-state index contributed by atoms with van der Waals surface area (Å²) in [5.41, 5.74) is 0.792. The molecule has 0 aliphatic carbocycles. The fourth-order valence-electron chi connectivity index (χ4n) is 3.33. The van der Waals surface area contributed by atoms with Crippen LogP contribution in [0.5, 0.6) is 0 Å². The number of aliphatic hydroxyl groups excluding tert-OH is 1. The molecule has 224 valence electrons. The van der Waals surface area contributed by atoms with E-state index in [-0.39, 0.29) is 73.0 Å². The Balaban J connectivity index is 1.35. The first-order valence-electron chi connectivity index (χ1n) is 12.7. The Kier molecular flexibility index (Phi) is 11.9. The lowest BCUT2D eigenvalue weighted by molar-refractivity contribution is 0.0263. The highest BCUT2D eigenvalue weighted by Gasteiger charge is 2.14. The molecule has 3 aromatic carbocycles. The van der Waals surface area contributed by atoms with Crippen LogP contribution in [0.2, 0.25) is 0 Å². The van der Waals surface area contributed by atoms with Gasteiger partial charge in [0.15, 0.2) is 0 Å². The normalized spacial score (nSPS) is 10.3. The molecule has 43 heavy (non-hydrogen) atoms. The molecule has 3 aromatic rings. The van der Waals surface area contributed by atoms with Crippen LogP contribution in [0.25, 0.3) is 0 Å². The zero-order valence-electron chi connectivity index (χ0n) is 22.6. The van der Waals surface area contributed by atoms with Gasteiger partial charge in [-0.3, -0.25) is 0 Å². The maximum absolute atomic E-state index is 12.2. The summed E-state index contributed by atoms with van der Waals surface area (Å²) in [5.74, 6) is -4.61. The number of rotatable bonds is 14. The predicted octanol–water partition coefficient (Wildman–Crippen LogP) is 2.56. The summed E-state index contributed by atoms with van der Waals surface area (Å²) in [6.07, 6.45) is 0. The third kappa shape index (κ3) is 9.79. The topological polar surface area (TPSA) is 189 Å². The van der Waals surface area contributed by atoms with Crippen LogP contribution in [-0.2, 0) is 23.7 Å². The van der Waals surface area contributed by atoms with Crippen molar-refractivity contribution in [2.75, 3.05) is 39.6 Å². The highest BCUT2D eigenvalue weighted by atomic mass is 16.6. The van der Waals surface area contributed by atoms with Crippen molar-refractivity contribution in [3.05, 3.63) is 106 Å². The third-order valence-electron chi connectivity index (χ3n) is 5.50. The van der Waals surface area contributed by atoms with Gasteiger partial charge in [-0.25, -0.2) is 28.8 Å². The van der Waals surface area contributed by atoms with Gasteiger partial charge in [0.2, 0.25) is 0 Å². The molecule has 0 amide bonds. The van der Waals surface area contributed by atoms with Gasteiger partial charge in [0.1, 0.15) is 33.0 Å². The summed E-state index contributed by atoms with van der Waals surface area (Å²) in [6.45, 7) is -1.37. The molecule has 0 aliphatic heterocycles. The van der Waals surface area contributed by atoms with E-state index in [1.807, 2.05) is 0 Å². The molecular weight excluding hydrogens is 568 g/mol. The number of carboxylic acids is 1. The van der Waals surface area contributed by atoms with Crippen molar-refractivity contribution in [1.82, 2.24) is 0 Å². The number of carbonyl (C=O) groups is 6. The van der Waals surface area contributed by atoms with Gasteiger partial charge >= 0.3 is 35.8 Å². The Labute approximate surface area is 244 Å². The molecule has 3 rings (SSSR count). The lowest BCUT2D eigenvalue weighted by Crippen LogP contribution is -2.15. The van der Waals surface area contributed by atoms with E-state index in [9.17, 15) is 28.8 Å². The van der Waals surface area contributed by atoms with Crippen molar-refractivity contribution >= 4 is 35.8 Å². The van der Waals surface area contributed by atoms with E-state index < -0.39 is 35.8 Å². The standard InChI is InChI=1S/C30H26O13/c31-13-14-39-26(34)21-5-7-22(8-6-21)28(36)42-17-18-43-30(38)24-11-9-23(10-12-24)29(37)41-16-15-40-27(35)20-3-1-19(2-4-20)25(32)33/h1-12,31H,13-18H2,(H,32,33). The van der Waals surface area contributed by atoms with Gasteiger partial charge in [-0.05, 0) is 72.8 Å². The second-order valence-electron chi connectivity index (χ2n) is 8.44. The Morgan fingerprint density at radius 1 is 0.395 bits per heavy atom. The quantitative estimate of drug-likeness (QED) is 0.157. The SMILES string of the molecule is O=C(O)c1ccc(C(=O)OCCOC(=O)c2ccc(C(=O)OCCOC(=O)c3ccc(C(=O)OCCO)cc3)cc2)cc1. The van der Waals surface area contributed by atoms with Crippen LogP contribution >= 0.6 is 0 Å². The van der Waals surface area contributed by atoms with Crippen molar-refractivity contribution in [2.45, 2.75) is 0 Å². The Hall–Kier alpha value is -5.56. The van der Waals surface area contributed by atoms with Crippen molar-refractivity contribution in [2.24, 2.45) is 0 Å². The average Bonchev–Trinajstić information content (AvgIpc) is 3.03. The van der Waals surface area contributed by atoms with Crippen molar-refractivity contribution in [3.8, 4) is 0 Å². The number of aliphatic hydroxyl groups is 1. The number of esters is 5. The summed E-state index contributed by atoms with van der Waals surface area (Å²) < 4.78 is 24.9. The number of ether oxygens (including phenoxy) is 5. The second kappa shape index (κ2) is 16.0.